The Balaban J connectivity index is 3.44. The second-order valence-corrected chi connectivity index (χ2v) is 13.1. The molecule has 0 unspecified atom stereocenters. The first-order valence-corrected chi connectivity index (χ1v) is 17.1. The summed E-state index contributed by atoms with van der Waals surface area (Å²) >= 11 is 0. The average Bonchev–Trinajstić information content (AvgIpc) is 3.08. The van der Waals surface area contributed by atoms with E-state index in [9.17, 15) is 63.9 Å². The van der Waals surface area contributed by atoms with E-state index in [1.54, 1.807) is 27.7 Å². The quantitative estimate of drug-likeness (QED) is 0.0612. The highest BCUT2D eigenvalue weighted by molar-refractivity contribution is 5.96. The number of benzene rings is 1. The predicted octanol–water partition coefficient (Wildman–Crippen LogP) is -1.42. The number of aliphatic hydroxyl groups is 1. The third kappa shape index (κ3) is 15.9. The van der Waals surface area contributed by atoms with Crippen LogP contribution in [0.15, 0.2) is 24.3 Å². The molecule has 0 aliphatic rings. The summed E-state index contributed by atoms with van der Waals surface area (Å²) in [6.45, 7) is 7.94. The van der Waals surface area contributed by atoms with Gasteiger partial charge in [0.2, 0.25) is 29.5 Å². The topological polar surface area (TPSA) is 324 Å². The van der Waals surface area contributed by atoms with E-state index in [1.807, 2.05) is 0 Å². The molecule has 0 radical (unpaired) electrons. The minimum Gasteiger partial charge on any atom is -0.508 e. The second-order valence-electron chi connectivity index (χ2n) is 13.1. The molecule has 1 aromatic carbocycles. The fraction of sp³-hybridized carbons (Fsp3) is 0.588. The lowest BCUT2D eigenvalue weighted by molar-refractivity contribution is -0.145. The molecule has 0 spiro atoms. The summed E-state index contributed by atoms with van der Waals surface area (Å²) in [7, 11) is 0. The number of rotatable bonds is 23. The molecule has 19 heteroatoms. The first-order valence-electron chi connectivity index (χ1n) is 17.1. The van der Waals surface area contributed by atoms with E-state index >= 15 is 0 Å². The van der Waals surface area contributed by atoms with Crippen LogP contribution in [-0.2, 0) is 44.8 Å². The number of aromatic hydroxyl groups is 1. The number of phenolic OH excluding ortho intramolecular Hbond substituents is 1. The van der Waals surface area contributed by atoms with Crippen molar-refractivity contribution in [3.05, 3.63) is 29.8 Å². The Morgan fingerprint density at radius 1 is 0.642 bits per heavy atom. The zero-order chi connectivity index (χ0) is 40.6. The van der Waals surface area contributed by atoms with Crippen LogP contribution in [0.3, 0.4) is 0 Å². The number of carboxylic acids is 3. The molecule has 0 bridgehead atoms. The molecular weight excluding hydrogens is 700 g/mol. The summed E-state index contributed by atoms with van der Waals surface area (Å²) in [6.07, 6.45) is -3.74. The van der Waals surface area contributed by atoms with Crippen molar-refractivity contribution in [1.82, 2.24) is 26.6 Å². The lowest BCUT2D eigenvalue weighted by atomic mass is 9.96. The maximum Gasteiger partial charge on any atom is 0.328 e. The first-order chi connectivity index (χ1) is 24.7. The normalized spacial score (nSPS) is 15.6. The fourth-order valence-electron chi connectivity index (χ4n) is 4.85. The summed E-state index contributed by atoms with van der Waals surface area (Å²) in [4.78, 5) is 101. The van der Waals surface area contributed by atoms with E-state index in [-0.39, 0.29) is 18.1 Å². The van der Waals surface area contributed by atoms with Gasteiger partial charge in [0.15, 0.2) is 6.04 Å². The van der Waals surface area contributed by atoms with Crippen molar-refractivity contribution >= 4 is 47.4 Å². The van der Waals surface area contributed by atoms with Crippen LogP contribution < -0.4 is 32.3 Å². The molecule has 296 valence electrons. The van der Waals surface area contributed by atoms with Gasteiger partial charge in [-0.25, -0.2) is 4.79 Å². The number of hydrogen-bond donors (Lipinski definition) is 11. The molecule has 19 nitrogen and oxygen atoms in total. The van der Waals surface area contributed by atoms with Gasteiger partial charge >= 0.3 is 17.9 Å². The van der Waals surface area contributed by atoms with Crippen LogP contribution in [0.25, 0.3) is 0 Å². The number of carboxylic acid groups (broad SMARTS) is 3. The van der Waals surface area contributed by atoms with Crippen LogP contribution in [0.2, 0.25) is 0 Å². The lowest BCUT2D eigenvalue weighted by Gasteiger charge is -2.29. The van der Waals surface area contributed by atoms with E-state index in [1.165, 1.54) is 24.3 Å². The van der Waals surface area contributed by atoms with Crippen LogP contribution >= 0.6 is 0 Å². The van der Waals surface area contributed by atoms with E-state index in [0.717, 1.165) is 6.92 Å². The van der Waals surface area contributed by atoms with Crippen molar-refractivity contribution in [2.24, 2.45) is 17.6 Å². The third-order valence-corrected chi connectivity index (χ3v) is 8.43. The molecule has 0 heterocycles. The summed E-state index contributed by atoms with van der Waals surface area (Å²) in [5.74, 6) is -9.86. The van der Waals surface area contributed by atoms with Crippen molar-refractivity contribution in [3.63, 3.8) is 0 Å². The van der Waals surface area contributed by atoms with Gasteiger partial charge in [-0.15, -0.1) is 0 Å². The summed E-state index contributed by atoms with van der Waals surface area (Å²) in [5.41, 5.74) is 6.32. The highest BCUT2D eigenvalue weighted by atomic mass is 16.4. The Kier molecular flexibility index (Phi) is 18.9. The van der Waals surface area contributed by atoms with Crippen LogP contribution in [-0.4, -0.2) is 115 Å². The number of phenols is 1. The zero-order valence-electron chi connectivity index (χ0n) is 30.3. The van der Waals surface area contributed by atoms with Crippen LogP contribution in [0.1, 0.15) is 72.3 Å². The molecule has 0 aliphatic carbocycles. The van der Waals surface area contributed by atoms with Crippen molar-refractivity contribution < 1.29 is 63.9 Å². The van der Waals surface area contributed by atoms with Crippen LogP contribution in [0, 0.1) is 11.8 Å². The van der Waals surface area contributed by atoms with Gasteiger partial charge < -0.3 is 57.9 Å². The van der Waals surface area contributed by atoms with E-state index in [4.69, 9.17) is 5.73 Å². The number of carbonyl (C=O) groups is 8. The fourth-order valence-corrected chi connectivity index (χ4v) is 4.85. The Hall–Kier alpha value is -5.30. The molecule has 0 aliphatic heterocycles. The molecule has 5 amide bonds. The molecule has 0 fully saturated rings. The maximum atomic E-state index is 13.6. The van der Waals surface area contributed by atoms with Crippen molar-refractivity contribution in [2.75, 3.05) is 0 Å². The Morgan fingerprint density at radius 2 is 1.08 bits per heavy atom. The summed E-state index contributed by atoms with van der Waals surface area (Å²) in [6, 6.07) is -3.37. The standard InChI is InChI=1S/C34H52N6O13/c1-6-17(4)27(39-32(50)26(35)16(2)3)33(51)37-22(12-14-25(45)46)29(47)36-21(11-13-24(43)44)30(48)38-23(15-19-7-9-20(42)10-8-19)31(49)40-28(18(5)41)34(52)53/h7-10,16-18,21-23,26-28,41-42H,6,11-15,35H2,1-5H3,(H,36,47)(H,37,51)(H,38,48)(H,39,50)(H,40,49)(H,43,44)(H,45,46)(H,52,53)/t17-,18+,21-,22-,23-,26-,27-,28-/m0/s1. The monoisotopic (exact) mass is 752 g/mol. The molecule has 1 rings (SSSR count). The maximum absolute atomic E-state index is 13.6. The minimum atomic E-state index is -1.78. The Morgan fingerprint density at radius 3 is 1.49 bits per heavy atom. The van der Waals surface area contributed by atoms with Crippen molar-refractivity contribution in [2.45, 2.75) is 115 Å². The van der Waals surface area contributed by atoms with Gasteiger partial charge in [-0.2, -0.15) is 0 Å². The van der Waals surface area contributed by atoms with Gasteiger partial charge in [-0.05, 0) is 49.3 Å². The van der Waals surface area contributed by atoms with Gasteiger partial charge in [0.1, 0.15) is 29.9 Å². The Bertz CT molecular complexity index is 1450. The van der Waals surface area contributed by atoms with Crippen LogP contribution in [0.4, 0.5) is 0 Å². The number of aliphatic hydroxyl groups excluding tert-OH is 1. The lowest BCUT2D eigenvalue weighted by Crippen LogP contribution is -2.60. The first kappa shape index (κ1) is 45.7. The van der Waals surface area contributed by atoms with Gasteiger partial charge in [0, 0.05) is 19.3 Å². The molecule has 0 aromatic heterocycles. The molecular formula is C34H52N6O13. The molecule has 0 saturated carbocycles. The summed E-state index contributed by atoms with van der Waals surface area (Å²) in [5, 5.41) is 59.5. The zero-order valence-corrected chi connectivity index (χ0v) is 30.3. The molecule has 8 atom stereocenters. The average molecular weight is 753 g/mol. The van der Waals surface area contributed by atoms with Gasteiger partial charge in [0.25, 0.3) is 0 Å². The second kappa shape index (κ2) is 21.9. The van der Waals surface area contributed by atoms with Crippen molar-refractivity contribution in [1.29, 1.82) is 0 Å². The smallest absolute Gasteiger partial charge is 0.328 e. The largest absolute Gasteiger partial charge is 0.508 e. The number of hydrogen-bond acceptors (Lipinski definition) is 11. The SMILES string of the molecule is CC[C@H](C)[C@H](NC(=O)[C@@H](N)C(C)C)C(=O)N[C@@H](CCC(=O)O)C(=O)N[C@@H](CCC(=O)O)C(=O)N[C@@H](Cc1ccc(O)cc1)C(=O)N[C@H](C(=O)O)[C@@H](C)O. The molecule has 1 aromatic rings. The predicted molar refractivity (Wildman–Crippen MR) is 187 cm³/mol. The Labute approximate surface area is 306 Å². The van der Waals surface area contributed by atoms with E-state index < -0.39 is 121 Å². The van der Waals surface area contributed by atoms with Gasteiger partial charge in [-0.1, -0.05) is 46.2 Å². The van der Waals surface area contributed by atoms with Gasteiger partial charge in [0.05, 0.1) is 12.1 Å². The molecule has 53 heavy (non-hydrogen) atoms. The van der Waals surface area contributed by atoms with Crippen molar-refractivity contribution in [3.8, 4) is 5.75 Å². The molecule has 12 N–H and O–H groups in total. The molecule has 0 saturated heterocycles. The summed E-state index contributed by atoms with van der Waals surface area (Å²) < 4.78 is 0. The minimum absolute atomic E-state index is 0.114. The highest BCUT2D eigenvalue weighted by Gasteiger charge is 2.35. The number of carbonyl (C=O) groups excluding carboxylic acids is 5. The number of aliphatic carboxylic acids is 3. The highest BCUT2D eigenvalue weighted by Crippen LogP contribution is 2.14. The van der Waals surface area contributed by atoms with E-state index in [2.05, 4.69) is 26.6 Å². The number of amides is 5. The number of nitrogens with one attached hydrogen (secondary N) is 5. The van der Waals surface area contributed by atoms with Gasteiger partial charge in [-0.3, -0.25) is 33.6 Å². The number of nitrogens with two attached hydrogens (primary N) is 1. The van der Waals surface area contributed by atoms with E-state index in [0.29, 0.717) is 12.0 Å². The third-order valence-electron chi connectivity index (χ3n) is 8.43. The van der Waals surface area contributed by atoms with Crippen LogP contribution in [0.5, 0.6) is 5.75 Å².